The van der Waals surface area contributed by atoms with E-state index in [2.05, 4.69) is 15.1 Å². The number of aliphatic carboxylic acids is 1. The summed E-state index contributed by atoms with van der Waals surface area (Å²) in [6.07, 6.45) is 3.05. The Labute approximate surface area is 100 Å². The highest BCUT2D eigenvalue weighted by atomic mass is 16.4. The molecule has 1 fully saturated rings. The fourth-order valence-corrected chi connectivity index (χ4v) is 2.27. The van der Waals surface area contributed by atoms with Gasteiger partial charge >= 0.3 is 5.97 Å². The summed E-state index contributed by atoms with van der Waals surface area (Å²) in [6, 6.07) is 4.19. The third-order valence-corrected chi connectivity index (χ3v) is 3.15. The van der Waals surface area contributed by atoms with Crippen molar-refractivity contribution in [2.24, 2.45) is 0 Å². The van der Waals surface area contributed by atoms with Gasteiger partial charge in [0.2, 0.25) is 0 Å². The number of nitrogens with zero attached hydrogens (tertiary/aromatic N) is 3. The molecule has 1 unspecified atom stereocenters. The Morgan fingerprint density at radius 3 is 3.00 bits per heavy atom. The SMILES string of the molecule is Cc1ccc(N2CCCC2CCC(=O)O)nn1. The van der Waals surface area contributed by atoms with Gasteiger partial charge in [0.15, 0.2) is 5.82 Å². The van der Waals surface area contributed by atoms with Gasteiger partial charge < -0.3 is 10.0 Å². The number of carboxylic acids is 1. The monoisotopic (exact) mass is 235 g/mol. The molecule has 5 heteroatoms. The zero-order valence-electron chi connectivity index (χ0n) is 9.96. The lowest BCUT2D eigenvalue weighted by Crippen LogP contribution is -2.30. The summed E-state index contributed by atoms with van der Waals surface area (Å²) in [5, 5.41) is 16.9. The van der Waals surface area contributed by atoms with Crippen molar-refractivity contribution in [1.29, 1.82) is 0 Å². The molecule has 1 atom stereocenters. The molecule has 1 aliphatic heterocycles. The Bertz CT molecular complexity index is 391. The molecule has 0 bridgehead atoms. The summed E-state index contributed by atoms with van der Waals surface area (Å²) in [6.45, 7) is 2.85. The van der Waals surface area contributed by atoms with Crippen LogP contribution in [0.25, 0.3) is 0 Å². The number of aryl methyl sites for hydroxylation is 1. The largest absolute Gasteiger partial charge is 0.481 e. The maximum Gasteiger partial charge on any atom is 0.303 e. The van der Waals surface area contributed by atoms with Gasteiger partial charge in [0.25, 0.3) is 0 Å². The van der Waals surface area contributed by atoms with Crippen molar-refractivity contribution < 1.29 is 9.90 Å². The van der Waals surface area contributed by atoms with Gasteiger partial charge in [-0.2, -0.15) is 5.10 Å². The van der Waals surface area contributed by atoms with E-state index in [1.54, 1.807) is 0 Å². The van der Waals surface area contributed by atoms with Crippen LogP contribution in [0.5, 0.6) is 0 Å². The van der Waals surface area contributed by atoms with Crippen molar-refractivity contribution in [1.82, 2.24) is 10.2 Å². The number of hydrogen-bond acceptors (Lipinski definition) is 4. The van der Waals surface area contributed by atoms with E-state index in [0.717, 1.165) is 30.9 Å². The molecule has 1 aromatic rings. The maximum atomic E-state index is 10.6. The van der Waals surface area contributed by atoms with E-state index in [9.17, 15) is 4.79 Å². The minimum absolute atomic E-state index is 0.223. The fraction of sp³-hybridized carbons (Fsp3) is 0.583. The maximum absolute atomic E-state index is 10.6. The Hall–Kier alpha value is -1.65. The molecule has 5 nitrogen and oxygen atoms in total. The Morgan fingerprint density at radius 2 is 2.35 bits per heavy atom. The van der Waals surface area contributed by atoms with Crippen molar-refractivity contribution in [3.63, 3.8) is 0 Å². The summed E-state index contributed by atoms with van der Waals surface area (Å²) < 4.78 is 0. The van der Waals surface area contributed by atoms with Gasteiger partial charge in [-0.3, -0.25) is 4.79 Å². The summed E-state index contributed by atoms with van der Waals surface area (Å²) in [5.41, 5.74) is 0.898. The van der Waals surface area contributed by atoms with Crippen LogP contribution in [0.15, 0.2) is 12.1 Å². The predicted molar refractivity (Wildman–Crippen MR) is 64.0 cm³/mol. The number of anilines is 1. The second kappa shape index (κ2) is 5.12. The lowest BCUT2D eigenvalue weighted by Gasteiger charge is -2.24. The lowest BCUT2D eigenvalue weighted by atomic mass is 10.1. The van der Waals surface area contributed by atoms with Crippen LogP contribution in [0.4, 0.5) is 5.82 Å². The van der Waals surface area contributed by atoms with Gasteiger partial charge in [-0.05, 0) is 38.3 Å². The average Bonchev–Trinajstić information content (AvgIpc) is 2.75. The van der Waals surface area contributed by atoms with Gasteiger partial charge in [-0.1, -0.05) is 0 Å². The normalized spacial score (nSPS) is 19.6. The molecule has 0 radical (unpaired) electrons. The average molecular weight is 235 g/mol. The van der Waals surface area contributed by atoms with Gasteiger partial charge in [0, 0.05) is 19.0 Å². The quantitative estimate of drug-likeness (QED) is 0.859. The highest BCUT2D eigenvalue weighted by Crippen LogP contribution is 2.26. The number of carbonyl (C=O) groups is 1. The molecule has 17 heavy (non-hydrogen) atoms. The molecular formula is C12H17N3O2. The standard InChI is InChI=1S/C12H17N3O2/c1-9-4-6-11(14-13-9)15-8-2-3-10(15)5-7-12(16)17/h4,6,10H,2-3,5,7-8H2,1H3,(H,16,17). The molecule has 92 valence electrons. The van der Waals surface area contributed by atoms with Crippen LogP contribution in [0, 0.1) is 6.92 Å². The molecule has 0 spiro atoms. The van der Waals surface area contributed by atoms with Gasteiger partial charge in [0.05, 0.1) is 5.69 Å². The highest BCUT2D eigenvalue weighted by molar-refractivity contribution is 5.66. The van der Waals surface area contributed by atoms with E-state index < -0.39 is 5.97 Å². The van der Waals surface area contributed by atoms with Crippen molar-refractivity contribution in [2.45, 2.75) is 38.6 Å². The molecule has 2 heterocycles. The number of carboxylic acid groups (broad SMARTS) is 1. The molecule has 2 rings (SSSR count). The van der Waals surface area contributed by atoms with Crippen molar-refractivity contribution in [3.05, 3.63) is 17.8 Å². The van der Waals surface area contributed by atoms with Crippen LogP contribution < -0.4 is 4.90 Å². The van der Waals surface area contributed by atoms with Gasteiger partial charge in [-0.15, -0.1) is 5.10 Å². The summed E-state index contributed by atoms with van der Waals surface area (Å²) in [5.74, 6) is 0.135. The molecule has 1 N–H and O–H groups in total. The van der Waals surface area contributed by atoms with Gasteiger partial charge in [-0.25, -0.2) is 0 Å². The minimum atomic E-state index is -0.730. The zero-order valence-corrected chi connectivity index (χ0v) is 9.96. The second-order valence-electron chi connectivity index (χ2n) is 4.45. The van der Waals surface area contributed by atoms with E-state index in [1.807, 2.05) is 19.1 Å². The zero-order chi connectivity index (χ0) is 12.3. The van der Waals surface area contributed by atoms with Crippen LogP contribution in [0.2, 0.25) is 0 Å². The van der Waals surface area contributed by atoms with Crippen LogP contribution in [-0.4, -0.2) is 33.9 Å². The third-order valence-electron chi connectivity index (χ3n) is 3.15. The van der Waals surface area contributed by atoms with E-state index in [-0.39, 0.29) is 6.42 Å². The molecule has 1 aliphatic rings. The molecule has 0 saturated carbocycles. The first-order valence-corrected chi connectivity index (χ1v) is 5.95. The Morgan fingerprint density at radius 1 is 1.53 bits per heavy atom. The number of hydrogen-bond donors (Lipinski definition) is 1. The van der Waals surface area contributed by atoms with E-state index in [4.69, 9.17) is 5.11 Å². The fourth-order valence-electron chi connectivity index (χ4n) is 2.27. The third kappa shape index (κ3) is 2.93. The molecule has 1 aromatic heterocycles. The smallest absolute Gasteiger partial charge is 0.303 e. The topological polar surface area (TPSA) is 66.3 Å². The molecule has 0 aromatic carbocycles. The van der Waals surface area contributed by atoms with Crippen LogP contribution in [-0.2, 0) is 4.79 Å². The van der Waals surface area contributed by atoms with Crippen LogP contribution >= 0.6 is 0 Å². The number of aromatic nitrogens is 2. The highest BCUT2D eigenvalue weighted by Gasteiger charge is 2.26. The van der Waals surface area contributed by atoms with Crippen molar-refractivity contribution in [2.75, 3.05) is 11.4 Å². The molecule has 0 amide bonds. The van der Waals surface area contributed by atoms with E-state index in [1.165, 1.54) is 0 Å². The first kappa shape index (κ1) is 11.8. The summed E-state index contributed by atoms with van der Waals surface area (Å²) in [4.78, 5) is 12.8. The molecule has 0 aliphatic carbocycles. The minimum Gasteiger partial charge on any atom is -0.481 e. The molecule has 1 saturated heterocycles. The van der Waals surface area contributed by atoms with E-state index in [0.29, 0.717) is 12.5 Å². The first-order valence-electron chi connectivity index (χ1n) is 5.95. The molecular weight excluding hydrogens is 218 g/mol. The Kier molecular flexibility index (Phi) is 3.56. The summed E-state index contributed by atoms with van der Waals surface area (Å²) >= 11 is 0. The van der Waals surface area contributed by atoms with Crippen LogP contribution in [0.3, 0.4) is 0 Å². The lowest BCUT2D eigenvalue weighted by molar-refractivity contribution is -0.137. The van der Waals surface area contributed by atoms with Crippen LogP contribution in [0.1, 0.15) is 31.4 Å². The predicted octanol–water partition coefficient (Wildman–Crippen LogP) is 1.62. The van der Waals surface area contributed by atoms with Crippen molar-refractivity contribution >= 4 is 11.8 Å². The van der Waals surface area contributed by atoms with Crippen molar-refractivity contribution in [3.8, 4) is 0 Å². The first-order chi connectivity index (χ1) is 8.16. The van der Waals surface area contributed by atoms with Gasteiger partial charge in [0.1, 0.15) is 0 Å². The second-order valence-corrected chi connectivity index (χ2v) is 4.45. The summed E-state index contributed by atoms with van der Waals surface area (Å²) in [7, 11) is 0. The number of rotatable bonds is 4. The Balaban J connectivity index is 2.03. The van der Waals surface area contributed by atoms with E-state index >= 15 is 0 Å².